The smallest absolute Gasteiger partial charge is 0.254 e. The monoisotopic (exact) mass is 377 g/mol. The molecule has 1 aromatic heterocycles. The number of benzene rings is 2. The van der Waals surface area contributed by atoms with Crippen LogP contribution in [0.4, 0.5) is 4.39 Å². The minimum absolute atomic E-state index is 0.0668. The molecule has 1 N–H and O–H groups in total. The van der Waals surface area contributed by atoms with Gasteiger partial charge in [0, 0.05) is 12.0 Å². The Bertz CT molecular complexity index is 986. The van der Waals surface area contributed by atoms with E-state index in [0.717, 1.165) is 29.8 Å². The SMILES string of the molecule is CCc1c(C(=O)NCC2(c3ccc(F)cc3)CC2)cnn1-c1ccc(C)cc1. The average molecular weight is 377 g/mol. The number of amides is 1. The van der Waals surface area contributed by atoms with Crippen LogP contribution in [0.25, 0.3) is 5.69 Å². The van der Waals surface area contributed by atoms with Crippen LogP contribution in [0.5, 0.6) is 0 Å². The van der Waals surface area contributed by atoms with Gasteiger partial charge in [0.15, 0.2) is 0 Å². The molecule has 28 heavy (non-hydrogen) atoms. The van der Waals surface area contributed by atoms with Crippen molar-refractivity contribution >= 4 is 5.91 Å². The molecule has 1 saturated carbocycles. The summed E-state index contributed by atoms with van der Waals surface area (Å²) in [6.45, 7) is 4.62. The molecule has 0 radical (unpaired) electrons. The minimum Gasteiger partial charge on any atom is -0.351 e. The molecule has 1 fully saturated rings. The lowest BCUT2D eigenvalue weighted by atomic mass is 9.96. The van der Waals surface area contributed by atoms with Gasteiger partial charge in [-0.15, -0.1) is 0 Å². The minimum atomic E-state index is -0.236. The summed E-state index contributed by atoms with van der Waals surface area (Å²) in [6.07, 6.45) is 4.36. The van der Waals surface area contributed by atoms with Gasteiger partial charge in [0.1, 0.15) is 5.82 Å². The highest BCUT2D eigenvalue weighted by Gasteiger charge is 2.44. The molecule has 2 aromatic carbocycles. The Labute approximate surface area is 164 Å². The van der Waals surface area contributed by atoms with Gasteiger partial charge in [-0.25, -0.2) is 9.07 Å². The Morgan fingerprint density at radius 3 is 2.43 bits per heavy atom. The largest absolute Gasteiger partial charge is 0.351 e. The van der Waals surface area contributed by atoms with Crippen molar-refractivity contribution < 1.29 is 9.18 Å². The Kier molecular flexibility index (Phi) is 4.75. The predicted molar refractivity (Wildman–Crippen MR) is 107 cm³/mol. The second-order valence-electron chi connectivity index (χ2n) is 7.58. The molecule has 1 aliphatic rings. The zero-order valence-electron chi connectivity index (χ0n) is 16.2. The molecule has 3 aromatic rings. The van der Waals surface area contributed by atoms with Crippen LogP contribution in [0.1, 0.15) is 46.9 Å². The lowest BCUT2D eigenvalue weighted by Gasteiger charge is -2.17. The van der Waals surface area contributed by atoms with Crippen LogP contribution < -0.4 is 5.32 Å². The fourth-order valence-electron chi connectivity index (χ4n) is 3.68. The van der Waals surface area contributed by atoms with Crippen LogP contribution >= 0.6 is 0 Å². The topological polar surface area (TPSA) is 46.9 Å². The average Bonchev–Trinajstić information content (AvgIpc) is 3.37. The summed E-state index contributed by atoms with van der Waals surface area (Å²) in [7, 11) is 0. The number of hydrogen-bond acceptors (Lipinski definition) is 2. The van der Waals surface area contributed by atoms with Gasteiger partial charge < -0.3 is 5.32 Å². The predicted octanol–water partition coefficient (Wildman–Crippen LogP) is 4.34. The molecular weight excluding hydrogens is 353 g/mol. The van der Waals surface area contributed by atoms with E-state index in [-0.39, 0.29) is 17.1 Å². The van der Waals surface area contributed by atoms with Gasteiger partial charge in [-0.3, -0.25) is 4.79 Å². The second kappa shape index (κ2) is 7.23. The number of carbonyl (C=O) groups excluding carboxylic acids is 1. The summed E-state index contributed by atoms with van der Waals surface area (Å²) in [5, 5.41) is 7.53. The molecule has 0 saturated heterocycles. The molecular formula is C23H24FN3O. The maximum absolute atomic E-state index is 13.2. The van der Waals surface area contributed by atoms with Crippen LogP contribution in [-0.2, 0) is 11.8 Å². The molecule has 5 heteroatoms. The number of rotatable bonds is 6. The van der Waals surface area contributed by atoms with Gasteiger partial charge in [-0.1, -0.05) is 36.8 Å². The Hall–Kier alpha value is -2.95. The first-order chi connectivity index (χ1) is 13.5. The van der Waals surface area contributed by atoms with Crippen LogP contribution in [-0.4, -0.2) is 22.2 Å². The first kappa shape index (κ1) is 18.4. The van der Waals surface area contributed by atoms with Crippen molar-refractivity contribution in [3.8, 4) is 5.69 Å². The molecule has 0 unspecified atom stereocenters. The first-order valence-electron chi connectivity index (χ1n) is 9.70. The van der Waals surface area contributed by atoms with E-state index >= 15 is 0 Å². The van der Waals surface area contributed by atoms with Crippen molar-refractivity contribution in [3.05, 3.63) is 82.9 Å². The summed E-state index contributed by atoms with van der Waals surface area (Å²) in [5.41, 5.74) is 4.66. The van der Waals surface area contributed by atoms with E-state index in [0.29, 0.717) is 18.5 Å². The Morgan fingerprint density at radius 2 is 1.82 bits per heavy atom. The van der Waals surface area contributed by atoms with Gasteiger partial charge in [0.2, 0.25) is 0 Å². The van der Waals surface area contributed by atoms with Crippen LogP contribution in [0.15, 0.2) is 54.7 Å². The van der Waals surface area contributed by atoms with Crippen molar-refractivity contribution in [2.45, 2.75) is 38.5 Å². The molecule has 144 valence electrons. The zero-order valence-corrected chi connectivity index (χ0v) is 16.2. The highest BCUT2D eigenvalue weighted by molar-refractivity contribution is 5.95. The van der Waals surface area contributed by atoms with Crippen molar-refractivity contribution in [2.75, 3.05) is 6.54 Å². The number of nitrogens with zero attached hydrogens (tertiary/aromatic N) is 2. The van der Waals surface area contributed by atoms with Gasteiger partial charge in [-0.2, -0.15) is 5.10 Å². The fourth-order valence-corrected chi connectivity index (χ4v) is 3.68. The molecule has 0 spiro atoms. The van der Waals surface area contributed by atoms with Crippen molar-refractivity contribution in [3.63, 3.8) is 0 Å². The highest BCUT2D eigenvalue weighted by Crippen LogP contribution is 2.47. The van der Waals surface area contributed by atoms with E-state index in [9.17, 15) is 9.18 Å². The highest BCUT2D eigenvalue weighted by atomic mass is 19.1. The quantitative estimate of drug-likeness (QED) is 0.694. The van der Waals surface area contributed by atoms with Gasteiger partial charge in [0.25, 0.3) is 5.91 Å². The first-order valence-corrected chi connectivity index (χ1v) is 9.70. The van der Waals surface area contributed by atoms with E-state index in [4.69, 9.17) is 0 Å². The molecule has 0 bridgehead atoms. The summed E-state index contributed by atoms with van der Waals surface area (Å²) in [4.78, 5) is 12.9. The molecule has 0 atom stereocenters. The number of hydrogen-bond donors (Lipinski definition) is 1. The number of carbonyl (C=O) groups is 1. The van der Waals surface area contributed by atoms with Crippen molar-refractivity contribution in [2.24, 2.45) is 0 Å². The molecule has 4 rings (SSSR count). The molecule has 4 nitrogen and oxygen atoms in total. The third kappa shape index (κ3) is 3.44. The van der Waals surface area contributed by atoms with E-state index in [2.05, 4.69) is 10.4 Å². The van der Waals surface area contributed by atoms with Gasteiger partial charge >= 0.3 is 0 Å². The standard InChI is InChI=1S/C23H24FN3O/c1-3-21-20(14-26-27(21)19-10-4-16(2)5-11-19)22(28)25-15-23(12-13-23)17-6-8-18(24)9-7-17/h4-11,14H,3,12-13,15H2,1-2H3,(H,25,28). The maximum atomic E-state index is 13.2. The zero-order chi connectivity index (χ0) is 19.7. The van der Waals surface area contributed by atoms with Gasteiger partial charge in [0.05, 0.1) is 23.1 Å². The molecule has 1 heterocycles. The number of aromatic nitrogens is 2. The van der Waals surface area contributed by atoms with E-state index in [1.165, 1.54) is 17.7 Å². The maximum Gasteiger partial charge on any atom is 0.254 e. The summed E-state index contributed by atoms with van der Waals surface area (Å²) in [5.74, 6) is -0.344. The Morgan fingerprint density at radius 1 is 1.14 bits per heavy atom. The third-order valence-electron chi connectivity index (χ3n) is 5.62. The van der Waals surface area contributed by atoms with E-state index in [1.54, 1.807) is 6.20 Å². The number of aryl methyl sites for hydroxylation is 1. The lowest BCUT2D eigenvalue weighted by Crippen LogP contribution is -2.32. The summed E-state index contributed by atoms with van der Waals surface area (Å²) in [6, 6.07) is 14.7. The molecule has 1 amide bonds. The van der Waals surface area contributed by atoms with Crippen molar-refractivity contribution in [1.29, 1.82) is 0 Å². The van der Waals surface area contributed by atoms with E-state index in [1.807, 2.05) is 54.9 Å². The van der Waals surface area contributed by atoms with Crippen LogP contribution in [0, 0.1) is 12.7 Å². The van der Waals surface area contributed by atoms with E-state index < -0.39 is 0 Å². The number of halogens is 1. The van der Waals surface area contributed by atoms with Crippen LogP contribution in [0.3, 0.4) is 0 Å². The Balaban J connectivity index is 1.51. The summed E-state index contributed by atoms with van der Waals surface area (Å²) >= 11 is 0. The summed E-state index contributed by atoms with van der Waals surface area (Å²) < 4.78 is 15.0. The van der Waals surface area contributed by atoms with Crippen molar-refractivity contribution in [1.82, 2.24) is 15.1 Å². The van der Waals surface area contributed by atoms with Gasteiger partial charge in [-0.05, 0) is 56.0 Å². The third-order valence-corrected chi connectivity index (χ3v) is 5.62. The molecule has 0 aliphatic heterocycles. The number of nitrogens with one attached hydrogen (secondary N) is 1. The van der Waals surface area contributed by atoms with Crippen LogP contribution in [0.2, 0.25) is 0 Å². The normalized spacial score (nSPS) is 14.7. The lowest BCUT2D eigenvalue weighted by molar-refractivity contribution is 0.0948. The fraction of sp³-hybridized carbons (Fsp3) is 0.304. The second-order valence-corrected chi connectivity index (χ2v) is 7.58. The molecule has 1 aliphatic carbocycles.